The van der Waals surface area contributed by atoms with Crippen LogP contribution >= 0.6 is 23.4 Å². The molecule has 0 fully saturated rings. The normalized spacial score (nSPS) is 15.6. The summed E-state index contributed by atoms with van der Waals surface area (Å²) < 4.78 is 13.1. The van der Waals surface area contributed by atoms with Gasteiger partial charge in [-0.1, -0.05) is 11.6 Å². The van der Waals surface area contributed by atoms with Gasteiger partial charge in [0.2, 0.25) is 0 Å². The van der Waals surface area contributed by atoms with Crippen LogP contribution in [0.3, 0.4) is 0 Å². The zero-order valence-corrected chi connectivity index (χ0v) is 10.1. The zero-order valence-electron chi connectivity index (χ0n) is 8.56. The summed E-state index contributed by atoms with van der Waals surface area (Å²) in [4.78, 5) is 15.5. The molecule has 0 saturated heterocycles. The lowest BCUT2D eigenvalue weighted by Crippen LogP contribution is -2.20. The summed E-state index contributed by atoms with van der Waals surface area (Å²) in [5, 5.41) is 8.04. The van der Waals surface area contributed by atoms with Crippen molar-refractivity contribution in [2.75, 3.05) is 18.0 Å². The first-order valence-electron chi connectivity index (χ1n) is 4.74. The first-order chi connectivity index (χ1) is 8.19. The molecule has 90 valence electrons. The largest absolute Gasteiger partial charge is 0.483 e. The van der Waals surface area contributed by atoms with Crippen molar-refractivity contribution < 1.29 is 14.3 Å². The van der Waals surface area contributed by atoms with Crippen molar-refractivity contribution in [2.45, 2.75) is 4.90 Å². The van der Waals surface area contributed by atoms with Crippen molar-refractivity contribution in [3.05, 3.63) is 23.0 Å². The van der Waals surface area contributed by atoms with Crippen LogP contribution in [0.4, 0.5) is 10.1 Å². The molecule has 0 radical (unpaired) electrons. The average Bonchev–Trinajstić information content (AvgIpc) is 2.85. The van der Waals surface area contributed by atoms with Crippen molar-refractivity contribution in [3.8, 4) is 0 Å². The Morgan fingerprint density at radius 2 is 2.29 bits per heavy atom. The minimum absolute atomic E-state index is 0.213. The van der Waals surface area contributed by atoms with Gasteiger partial charge in [0.15, 0.2) is 5.17 Å². The monoisotopic (exact) mass is 274 g/mol. The van der Waals surface area contributed by atoms with Gasteiger partial charge in [0, 0.05) is 6.54 Å². The summed E-state index contributed by atoms with van der Waals surface area (Å²) in [5.41, 5.74) is 0.984. The number of amidine groups is 1. The number of hydrogen-bond donors (Lipinski definition) is 1. The zero-order chi connectivity index (χ0) is 12.4. The van der Waals surface area contributed by atoms with E-state index in [1.807, 2.05) is 0 Å². The number of halogens is 2. The molecule has 1 aromatic carbocycles. The van der Waals surface area contributed by atoms with Gasteiger partial charge in [0.1, 0.15) is 5.82 Å². The predicted octanol–water partition coefficient (Wildman–Crippen LogP) is 2.46. The van der Waals surface area contributed by atoms with Gasteiger partial charge in [0.25, 0.3) is 6.47 Å². The first kappa shape index (κ1) is 12.2. The molecular weight excluding hydrogens is 267 g/mol. The van der Waals surface area contributed by atoms with Crippen LogP contribution in [-0.2, 0) is 4.79 Å². The number of anilines is 1. The van der Waals surface area contributed by atoms with Gasteiger partial charge >= 0.3 is 0 Å². The fraction of sp³-hybridized carbons (Fsp3) is 0.200. The van der Waals surface area contributed by atoms with Gasteiger partial charge in [-0.05, 0) is 23.9 Å². The smallest absolute Gasteiger partial charge is 0.290 e. The summed E-state index contributed by atoms with van der Waals surface area (Å²) in [6, 6.07) is 3.17. The summed E-state index contributed by atoms with van der Waals surface area (Å²) >= 11 is 7.32. The highest BCUT2D eigenvalue weighted by atomic mass is 35.5. The molecule has 0 amide bonds. The molecule has 2 heterocycles. The highest BCUT2D eigenvalue weighted by Crippen LogP contribution is 2.46. The Morgan fingerprint density at radius 1 is 1.59 bits per heavy atom. The van der Waals surface area contributed by atoms with Crippen molar-refractivity contribution in [3.63, 3.8) is 0 Å². The molecule has 0 atom stereocenters. The topological polar surface area (TPSA) is 52.9 Å². The number of thioether (sulfide) groups is 1. The number of benzene rings is 1. The lowest BCUT2D eigenvalue weighted by molar-refractivity contribution is -0.122. The van der Waals surface area contributed by atoms with Crippen molar-refractivity contribution in [2.24, 2.45) is 4.99 Å². The molecule has 0 bridgehead atoms. The third-order valence-corrected chi connectivity index (χ3v) is 3.95. The van der Waals surface area contributed by atoms with Crippen LogP contribution in [0.5, 0.6) is 0 Å². The lowest BCUT2D eigenvalue weighted by Gasteiger charge is -2.11. The molecule has 0 unspecified atom stereocenters. The Morgan fingerprint density at radius 3 is 3.00 bits per heavy atom. The van der Waals surface area contributed by atoms with E-state index in [1.165, 1.54) is 17.8 Å². The first-order valence-corrected chi connectivity index (χ1v) is 5.94. The molecule has 0 spiro atoms. The Balaban J connectivity index is 0.000000329. The molecule has 4 nitrogen and oxygen atoms in total. The highest BCUT2D eigenvalue weighted by molar-refractivity contribution is 8.15. The highest BCUT2D eigenvalue weighted by Gasteiger charge is 2.31. The summed E-state index contributed by atoms with van der Waals surface area (Å²) in [7, 11) is 0. The third kappa shape index (κ3) is 2.10. The second-order valence-electron chi connectivity index (χ2n) is 3.23. The van der Waals surface area contributed by atoms with Gasteiger partial charge in [-0.2, -0.15) is 0 Å². The molecule has 7 heteroatoms. The van der Waals surface area contributed by atoms with Gasteiger partial charge in [-0.15, -0.1) is 0 Å². The SMILES string of the molecule is Fc1ccc2c(c1Cl)SC1=NCCN12.O=CO. The van der Waals surface area contributed by atoms with Crippen LogP contribution in [0.25, 0.3) is 0 Å². The maximum Gasteiger partial charge on any atom is 0.290 e. The Labute approximate surface area is 106 Å². The van der Waals surface area contributed by atoms with Crippen LogP contribution in [0.2, 0.25) is 5.02 Å². The van der Waals surface area contributed by atoms with Gasteiger partial charge < -0.3 is 10.0 Å². The van der Waals surface area contributed by atoms with E-state index in [4.69, 9.17) is 21.5 Å². The number of carboxylic acid groups (broad SMARTS) is 1. The van der Waals surface area contributed by atoms with Crippen LogP contribution in [-0.4, -0.2) is 29.8 Å². The summed E-state index contributed by atoms with van der Waals surface area (Å²) in [6.45, 7) is 1.44. The number of aliphatic imine (C=N–C) groups is 1. The fourth-order valence-corrected chi connectivity index (χ4v) is 3.04. The van der Waals surface area contributed by atoms with Crippen LogP contribution in [0.1, 0.15) is 0 Å². The molecular formula is C10H8ClFN2O2S. The molecule has 0 aliphatic carbocycles. The van der Waals surface area contributed by atoms with Gasteiger partial charge in [-0.25, -0.2) is 4.39 Å². The second kappa shape index (κ2) is 4.93. The number of carbonyl (C=O) groups is 1. The quantitative estimate of drug-likeness (QED) is 0.739. The number of rotatable bonds is 0. The number of nitrogens with zero attached hydrogens (tertiary/aromatic N) is 2. The number of fused-ring (bicyclic) bond motifs is 3. The van der Waals surface area contributed by atoms with E-state index in [2.05, 4.69) is 9.89 Å². The second-order valence-corrected chi connectivity index (χ2v) is 4.59. The third-order valence-electron chi connectivity index (χ3n) is 2.31. The predicted molar refractivity (Wildman–Crippen MR) is 65.6 cm³/mol. The van der Waals surface area contributed by atoms with Crippen LogP contribution < -0.4 is 4.90 Å². The van der Waals surface area contributed by atoms with E-state index in [0.717, 1.165) is 28.8 Å². The van der Waals surface area contributed by atoms with E-state index < -0.39 is 0 Å². The van der Waals surface area contributed by atoms with E-state index in [-0.39, 0.29) is 17.3 Å². The molecule has 3 rings (SSSR count). The minimum atomic E-state index is -0.361. The van der Waals surface area contributed by atoms with Crippen molar-refractivity contribution in [1.82, 2.24) is 0 Å². The van der Waals surface area contributed by atoms with Crippen LogP contribution in [0.15, 0.2) is 22.0 Å². The Hall–Kier alpha value is -1.27. The summed E-state index contributed by atoms with van der Waals surface area (Å²) in [5.74, 6) is -0.361. The van der Waals surface area contributed by atoms with Gasteiger partial charge in [0.05, 0.1) is 22.2 Å². The Kier molecular flexibility index (Phi) is 3.54. The van der Waals surface area contributed by atoms with E-state index in [1.54, 1.807) is 6.07 Å². The minimum Gasteiger partial charge on any atom is -0.483 e. The maximum absolute atomic E-state index is 13.1. The van der Waals surface area contributed by atoms with Crippen molar-refractivity contribution in [1.29, 1.82) is 0 Å². The van der Waals surface area contributed by atoms with Crippen LogP contribution in [0, 0.1) is 5.82 Å². The van der Waals surface area contributed by atoms with E-state index >= 15 is 0 Å². The molecule has 1 N–H and O–H groups in total. The molecule has 1 aromatic rings. The number of hydrogen-bond acceptors (Lipinski definition) is 4. The Bertz CT molecular complexity index is 495. The molecule has 2 aliphatic rings. The molecule has 0 saturated carbocycles. The average molecular weight is 275 g/mol. The maximum atomic E-state index is 13.1. The molecule has 17 heavy (non-hydrogen) atoms. The van der Waals surface area contributed by atoms with E-state index in [0.29, 0.717) is 0 Å². The van der Waals surface area contributed by atoms with Gasteiger partial charge in [-0.3, -0.25) is 9.79 Å². The summed E-state index contributed by atoms with van der Waals surface area (Å²) in [6.07, 6.45) is 0. The fourth-order valence-electron chi connectivity index (χ4n) is 1.66. The van der Waals surface area contributed by atoms with Crippen molar-refractivity contribution >= 4 is 40.7 Å². The molecule has 2 aliphatic heterocycles. The lowest BCUT2D eigenvalue weighted by atomic mass is 10.3. The van der Waals surface area contributed by atoms with E-state index in [9.17, 15) is 4.39 Å². The standard InChI is InChI=1S/C9H6ClFN2S.CH2O2/c10-7-5(11)1-2-6-8(7)14-9-12-3-4-13(6)9;2-1-3/h1-2H,3-4H2;1H,(H,2,3). The molecule has 0 aromatic heterocycles.